The third-order valence-electron chi connectivity index (χ3n) is 2.59. The quantitative estimate of drug-likeness (QED) is 0.822. The average Bonchev–Trinajstić information content (AvgIpc) is 2.59. The molecule has 0 aromatic heterocycles. The van der Waals surface area contributed by atoms with E-state index in [0.717, 1.165) is 18.2 Å². The summed E-state index contributed by atoms with van der Waals surface area (Å²) in [6.45, 7) is 0. The highest BCUT2D eigenvalue weighted by molar-refractivity contribution is 6.33. The highest BCUT2D eigenvalue weighted by atomic mass is 35.5. The van der Waals surface area contributed by atoms with Gasteiger partial charge in [-0.3, -0.25) is 14.9 Å². The minimum Gasteiger partial charge on any atom is -0.372 e. The fourth-order valence-electron chi connectivity index (χ4n) is 1.67. The Labute approximate surface area is 110 Å². The Morgan fingerprint density at radius 1 is 1.32 bits per heavy atom. The van der Waals surface area contributed by atoms with Crippen LogP contribution in [0.25, 0.3) is 0 Å². The van der Waals surface area contributed by atoms with Crippen LogP contribution in [0.2, 0.25) is 5.02 Å². The molecule has 1 aliphatic rings. The van der Waals surface area contributed by atoms with Crippen LogP contribution in [0, 0.1) is 0 Å². The first-order valence-corrected chi connectivity index (χ1v) is 5.62. The van der Waals surface area contributed by atoms with Crippen LogP contribution in [0.4, 0.5) is 18.9 Å². The fourth-order valence-corrected chi connectivity index (χ4v) is 1.90. The smallest absolute Gasteiger partial charge is 0.372 e. The molecule has 0 saturated carbocycles. The first kappa shape index (κ1) is 13.7. The van der Waals surface area contributed by atoms with Gasteiger partial charge in [0.2, 0.25) is 11.8 Å². The number of halogens is 4. The van der Waals surface area contributed by atoms with E-state index in [0.29, 0.717) is 0 Å². The van der Waals surface area contributed by atoms with Gasteiger partial charge in [-0.05, 0) is 18.2 Å². The second kappa shape index (κ2) is 4.73. The van der Waals surface area contributed by atoms with Crippen molar-refractivity contribution < 1.29 is 22.8 Å². The summed E-state index contributed by atoms with van der Waals surface area (Å²) in [6.07, 6.45) is -4.56. The summed E-state index contributed by atoms with van der Waals surface area (Å²) in [7, 11) is 0. The molecule has 1 atom stereocenters. The van der Waals surface area contributed by atoms with Crippen LogP contribution >= 0.6 is 11.6 Å². The number of benzene rings is 1. The molecule has 0 bridgehead atoms. The topological polar surface area (TPSA) is 58.2 Å². The van der Waals surface area contributed by atoms with E-state index in [9.17, 15) is 22.8 Å². The van der Waals surface area contributed by atoms with Crippen molar-refractivity contribution >= 4 is 29.1 Å². The van der Waals surface area contributed by atoms with Crippen molar-refractivity contribution in [3.05, 3.63) is 28.8 Å². The highest BCUT2D eigenvalue weighted by Gasteiger charge is 2.33. The van der Waals surface area contributed by atoms with Crippen molar-refractivity contribution in [1.29, 1.82) is 0 Å². The molecule has 0 radical (unpaired) electrons. The lowest BCUT2D eigenvalue weighted by molar-refractivity contribution is -0.137. The first-order chi connectivity index (χ1) is 8.77. The predicted octanol–water partition coefficient (Wildman–Crippen LogP) is 2.19. The van der Waals surface area contributed by atoms with Gasteiger partial charge in [0, 0.05) is 0 Å². The molecule has 102 valence electrons. The number of amides is 2. The summed E-state index contributed by atoms with van der Waals surface area (Å²) < 4.78 is 37.3. The van der Waals surface area contributed by atoms with Crippen LogP contribution in [-0.4, -0.2) is 17.9 Å². The zero-order valence-corrected chi connectivity index (χ0v) is 10.1. The molecule has 1 heterocycles. The molecule has 0 aliphatic carbocycles. The second-order valence-electron chi connectivity index (χ2n) is 4.01. The Morgan fingerprint density at radius 3 is 2.47 bits per heavy atom. The van der Waals surface area contributed by atoms with E-state index in [4.69, 9.17) is 11.6 Å². The third-order valence-corrected chi connectivity index (χ3v) is 2.91. The second-order valence-corrected chi connectivity index (χ2v) is 4.41. The normalized spacial score (nSPS) is 19.5. The van der Waals surface area contributed by atoms with Crippen molar-refractivity contribution in [3.8, 4) is 0 Å². The van der Waals surface area contributed by atoms with Gasteiger partial charge in [0.05, 0.1) is 22.7 Å². The van der Waals surface area contributed by atoms with Gasteiger partial charge >= 0.3 is 6.18 Å². The number of imide groups is 1. The maximum Gasteiger partial charge on any atom is 0.416 e. The molecule has 8 heteroatoms. The summed E-state index contributed by atoms with van der Waals surface area (Å²) in [4.78, 5) is 22.3. The van der Waals surface area contributed by atoms with E-state index < -0.39 is 29.6 Å². The van der Waals surface area contributed by atoms with Crippen molar-refractivity contribution in [3.63, 3.8) is 0 Å². The molecule has 1 aliphatic heterocycles. The predicted molar refractivity (Wildman–Crippen MR) is 61.6 cm³/mol. The van der Waals surface area contributed by atoms with Gasteiger partial charge in [0.25, 0.3) is 0 Å². The Bertz CT molecular complexity index is 545. The standard InChI is InChI=1S/C11H8ClF3N2O2/c12-6-3-5(11(13,14)15)1-2-7(6)16-8-4-9(18)17-10(8)19/h1-3,8,16H,4H2,(H,17,18,19). The number of anilines is 1. The van der Waals surface area contributed by atoms with Crippen molar-refractivity contribution in [2.24, 2.45) is 0 Å². The molecule has 1 aromatic rings. The highest BCUT2D eigenvalue weighted by Crippen LogP contribution is 2.34. The average molecular weight is 293 g/mol. The molecule has 19 heavy (non-hydrogen) atoms. The van der Waals surface area contributed by atoms with E-state index in [1.165, 1.54) is 0 Å². The fraction of sp³-hybridized carbons (Fsp3) is 0.273. The van der Waals surface area contributed by atoms with Gasteiger partial charge < -0.3 is 5.32 Å². The van der Waals surface area contributed by atoms with Crippen LogP contribution in [0.5, 0.6) is 0 Å². The lowest BCUT2D eigenvalue weighted by atomic mass is 10.1. The van der Waals surface area contributed by atoms with Gasteiger partial charge in [0.15, 0.2) is 0 Å². The van der Waals surface area contributed by atoms with Crippen molar-refractivity contribution in [1.82, 2.24) is 5.32 Å². The van der Waals surface area contributed by atoms with Crippen LogP contribution in [-0.2, 0) is 15.8 Å². The molecule has 2 amide bonds. The molecule has 2 N–H and O–H groups in total. The van der Waals surface area contributed by atoms with Gasteiger partial charge in [-0.1, -0.05) is 11.6 Å². The van der Waals surface area contributed by atoms with Gasteiger partial charge in [-0.25, -0.2) is 0 Å². The number of hydrogen-bond acceptors (Lipinski definition) is 3. The Hall–Kier alpha value is -1.76. The minimum atomic E-state index is -4.48. The summed E-state index contributed by atoms with van der Waals surface area (Å²) in [5.41, 5.74) is -0.709. The number of carbonyl (C=O) groups is 2. The summed E-state index contributed by atoms with van der Waals surface area (Å²) >= 11 is 5.72. The number of nitrogens with one attached hydrogen (secondary N) is 2. The van der Waals surface area contributed by atoms with Gasteiger partial charge in [-0.15, -0.1) is 0 Å². The number of hydrogen-bond donors (Lipinski definition) is 2. The zero-order chi connectivity index (χ0) is 14.2. The van der Waals surface area contributed by atoms with Crippen LogP contribution < -0.4 is 10.6 Å². The summed E-state index contributed by atoms with van der Waals surface area (Å²) in [6, 6.07) is 1.92. The van der Waals surface area contributed by atoms with Crippen molar-refractivity contribution in [2.75, 3.05) is 5.32 Å². The molecule has 4 nitrogen and oxygen atoms in total. The van der Waals surface area contributed by atoms with Crippen LogP contribution in [0.1, 0.15) is 12.0 Å². The molecule has 1 saturated heterocycles. The summed E-state index contributed by atoms with van der Waals surface area (Å²) in [5.74, 6) is -0.966. The third kappa shape index (κ3) is 2.98. The minimum absolute atomic E-state index is 0.0732. The molecular formula is C11H8ClF3N2O2. The Kier molecular flexibility index (Phi) is 3.40. The SMILES string of the molecule is O=C1CC(Nc2ccc(C(F)(F)F)cc2Cl)C(=O)N1. The maximum absolute atomic E-state index is 12.4. The number of carbonyl (C=O) groups excluding carboxylic acids is 2. The lowest BCUT2D eigenvalue weighted by Gasteiger charge is -2.14. The van der Waals surface area contributed by atoms with E-state index >= 15 is 0 Å². The first-order valence-electron chi connectivity index (χ1n) is 5.24. The molecule has 0 spiro atoms. The molecule has 2 rings (SSSR count). The largest absolute Gasteiger partial charge is 0.416 e. The van der Waals surface area contributed by atoms with E-state index in [-0.39, 0.29) is 17.1 Å². The maximum atomic E-state index is 12.4. The Morgan fingerprint density at radius 2 is 2.00 bits per heavy atom. The zero-order valence-electron chi connectivity index (χ0n) is 9.34. The summed E-state index contributed by atoms with van der Waals surface area (Å²) in [5, 5.41) is 4.55. The number of alkyl halides is 3. The van der Waals surface area contributed by atoms with E-state index in [1.54, 1.807) is 0 Å². The van der Waals surface area contributed by atoms with Gasteiger partial charge in [0.1, 0.15) is 6.04 Å². The van der Waals surface area contributed by atoms with E-state index in [2.05, 4.69) is 10.6 Å². The van der Waals surface area contributed by atoms with Crippen molar-refractivity contribution in [2.45, 2.75) is 18.6 Å². The molecule has 1 unspecified atom stereocenters. The van der Waals surface area contributed by atoms with Crippen LogP contribution in [0.15, 0.2) is 18.2 Å². The molecule has 1 aromatic carbocycles. The molecule has 1 fully saturated rings. The number of rotatable bonds is 2. The van der Waals surface area contributed by atoms with Crippen LogP contribution in [0.3, 0.4) is 0 Å². The van der Waals surface area contributed by atoms with Gasteiger partial charge in [-0.2, -0.15) is 13.2 Å². The molecular weight excluding hydrogens is 285 g/mol. The Balaban J connectivity index is 2.18. The lowest BCUT2D eigenvalue weighted by Crippen LogP contribution is -2.30. The van der Waals surface area contributed by atoms with E-state index in [1.807, 2.05) is 0 Å². The monoisotopic (exact) mass is 292 g/mol.